The molecule has 0 unspecified atom stereocenters. The average molecular weight is 543 g/mol. The molecule has 0 bridgehead atoms. The molecule has 0 saturated carbocycles. The molecule has 7 nitrogen and oxygen atoms in total. The summed E-state index contributed by atoms with van der Waals surface area (Å²) in [6.07, 6.45) is 0. The van der Waals surface area contributed by atoms with E-state index in [9.17, 15) is 4.79 Å². The fourth-order valence-electron chi connectivity index (χ4n) is 5.61. The third-order valence-corrected chi connectivity index (χ3v) is 8.21. The Morgan fingerprint density at radius 2 is 1.52 bits per heavy atom. The van der Waals surface area contributed by atoms with Crippen molar-refractivity contribution in [1.29, 1.82) is 0 Å². The smallest absolute Gasteiger partial charge is 0.251 e. The predicted molar refractivity (Wildman–Crippen MR) is 161 cm³/mol. The highest BCUT2D eigenvalue weighted by Gasteiger charge is 2.24. The zero-order valence-corrected chi connectivity index (χ0v) is 24.3. The molecule has 5 rings (SSSR count). The Bertz CT molecular complexity index is 1290. The Labute approximate surface area is 239 Å². The van der Waals surface area contributed by atoms with Crippen LogP contribution in [0.2, 0.25) is 0 Å². The number of hydrogen-bond donors (Lipinski definition) is 2. The number of rotatable bonds is 9. The van der Waals surface area contributed by atoms with E-state index in [0.717, 1.165) is 92.4 Å². The van der Waals surface area contributed by atoms with Crippen LogP contribution in [-0.2, 0) is 19.6 Å². The molecule has 7 heteroatoms. The molecule has 2 heterocycles. The van der Waals surface area contributed by atoms with E-state index in [0.29, 0.717) is 12.1 Å². The van der Waals surface area contributed by atoms with E-state index in [1.165, 1.54) is 11.1 Å². The lowest BCUT2D eigenvalue weighted by molar-refractivity contribution is -0.894. The van der Waals surface area contributed by atoms with Crippen molar-refractivity contribution >= 4 is 5.91 Å². The fraction of sp³-hybridized carbons (Fsp3) is 0.424. The zero-order valence-electron chi connectivity index (χ0n) is 24.3. The van der Waals surface area contributed by atoms with Crippen molar-refractivity contribution in [2.75, 3.05) is 73.6 Å². The van der Waals surface area contributed by atoms with E-state index in [2.05, 4.69) is 70.9 Å². The number of likely N-dealkylation sites (N-methyl/N-ethyl adjacent to an activating group) is 1. The van der Waals surface area contributed by atoms with Crippen molar-refractivity contribution in [1.82, 2.24) is 20.4 Å². The number of carbonyl (C=O) groups is 1. The second-order valence-corrected chi connectivity index (χ2v) is 11.8. The molecular formula is C33H44N5O2+. The van der Waals surface area contributed by atoms with Gasteiger partial charge in [-0.05, 0) is 52.6 Å². The van der Waals surface area contributed by atoms with Crippen LogP contribution in [0.5, 0.6) is 5.75 Å². The number of benzene rings is 3. The van der Waals surface area contributed by atoms with Crippen LogP contribution in [0.25, 0.3) is 11.1 Å². The summed E-state index contributed by atoms with van der Waals surface area (Å²) in [4.78, 5) is 18.1. The first-order valence-corrected chi connectivity index (χ1v) is 14.5. The van der Waals surface area contributed by atoms with Crippen LogP contribution in [0.1, 0.15) is 27.0 Å². The first-order valence-electron chi connectivity index (χ1n) is 14.5. The Morgan fingerprint density at radius 3 is 2.25 bits per heavy atom. The average Bonchev–Trinajstić information content (AvgIpc) is 2.98. The molecule has 2 aliphatic rings. The molecular weight excluding hydrogens is 498 g/mol. The van der Waals surface area contributed by atoms with Crippen LogP contribution in [0, 0.1) is 0 Å². The number of piperazine rings is 2. The molecule has 0 aliphatic carbocycles. The van der Waals surface area contributed by atoms with Gasteiger partial charge in [0.05, 0.1) is 34.3 Å². The van der Waals surface area contributed by atoms with Gasteiger partial charge in [0.2, 0.25) is 0 Å². The summed E-state index contributed by atoms with van der Waals surface area (Å²) in [6, 6.07) is 22.9. The summed E-state index contributed by atoms with van der Waals surface area (Å²) in [5.41, 5.74) is 6.41. The molecule has 0 spiro atoms. The van der Waals surface area contributed by atoms with Crippen LogP contribution in [-0.4, -0.2) is 93.8 Å². The van der Waals surface area contributed by atoms with Gasteiger partial charge in [-0.1, -0.05) is 36.4 Å². The SMILES string of the molecule is COc1ccc(CNC(=O)c2cccc(CN3CC[N+](C)(C)CC3)c2)cc1-c1cccc(CN2CCNCC2)c1. The van der Waals surface area contributed by atoms with Gasteiger partial charge in [0.1, 0.15) is 5.75 Å². The van der Waals surface area contributed by atoms with Crippen molar-refractivity contribution in [2.45, 2.75) is 19.6 Å². The summed E-state index contributed by atoms with van der Waals surface area (Å²) >= 11 is 0. The first kappa shape index (κ1) is 28.3. The number of amides is 1. The van der Waals surface area contributed by atoms with Gasteiger partial charge in [0.25, 0.3) is 5.91 Å². The minimum atomic E-state index is -0.0475. The molecule has 1 amide bonds. The Hall–Kier alpha value is -3.23. The van der Waals surface area contributed by atoms with Gasteiger partial charge in [-0.15, -0.1) is 0 Å². The van der Waals surface area contributed by atoms with E-state index in [1.807, 2.05) is 30.3 Å². The molecule has 40 heavy (non-hydrogen) atoms. The summed E-state index contributed by atoms with van der Waals surface area (Å²) in [5.74, 6) is 0.788. The van der Waals surface area contributed by atoms with Gasteiger partial charge in [0.15, 0.2) is 0 Å². The molecule has 2 aliphatic heterocycles. The predicted octanol–water partition coefficient (Wildman–Crippen LogP) is 3.59. The van der Waals surface area contributed by atoms with Gasteiger partial charge in [0, 0.05) is 70.0 Å². The largest absolute Gasteiger partial charge is 0.496 e. The molecule has 0 radical (unpaired) electrons. The van der Waals surface area contributed by atoms with Crippen LogP contribution < -0.4 is 15.4 Å². The van der Waals surface area contributed by atoms with Crippen LogP contribution in [0.4, 0.5) is 0 Å². The fourth-order valence-corrected chi connectivity index (χ4v) is 5.61. The third kappa shape index (κ3) is 7.49. The summed E-state index contributed by atoms with van der Waals surface area (Å²) in [5, 5.41) is 6.55. The van der Waals surface area contributed by atoms with Crippen molar-refractivity contribution in [3.63, 3.8) is 0 Å². The molecule has 2 N–H and O–H groups in total. The summed E-state index contributed by atoms with van der Waals surface area (Å²) in [7, 11) is 6.29. The maximum Gasteiger partial charge on any atom is 0.251 e. The standard InChI is InChI=1S/C33H43N5O2/c1-38(2)18-16-37(17-19-38)25-28-7-5-9-30(21-28)33(39)35-23-26-10-11-32(40-3)31(22-26)29-8-4-6-27(20-29)24-36-14-12-34-13-15-36/h4-11,20-22,34H,12-19,23-25H2,1-3H3/p+1. The summed E-state index contributed by atoms with van der Waals surface area (Å²) in [6.45, 7) is 11.0. The van der Waals surface area contributed by atoms with Gasteiger partial charge in [-0.2, -0.15) is 0 Å². The quantitative estimate of drug-likeness (QED) is 0.405. The third-order valence-electron chi connectivity index (χ3n) is 8.21. The minimum Gasteiger partial charge on any atom is -0.496 e. The van der Waals surface area contributed by atoms with Crippen molar-refractivity contribution in [2.24, 2.45) is 0 Å². The van der Waals surface area contributed by atoms with Crippen molar-refractivity contribution < 1.29 is 14.0 Å². The number of hydrogen-bond acceptors (Lipinski definition) is 5. The Balaban J connectivity index is 1.23. The van der Waals surface area contributed by atoms with Gasteiger partial charge in [-0.25, -0.2) is 0 Å². The molecule has 2 saturated heterocycles. The number of methoxy groups -OCH3 is 1. The number of nitrogens with zero attached hydrogens (tertiary/aromatic N) is 3. The Kier molecular flexibility index (Phi) is 9.17. The van der Waals surface area contributed by atoms with Gasteiger partial charge in [-0.3, -0.25) is 14.6 Å². The van der Waals surface area contributed by atoms with E-state index in [-0.39, 0.29) is 5.91 Å². The van der Waals surface area contributed by atoms with Gasteiger partial charge < -0.3 is 19.9 Å². The van der Waals surface area contributed by atoms with E-state index < -0.39 is 0 Å². The lowest BCUT2D eigenvalue weighted by Gasteiger charge is -2.39. The minimum absolute atomic E-state index is 0.0475. The highest BCUT2D eigenvalue weighted by atomic mass is 16.5. The molecule has 3 aromatic carbocycles. The molecule has 0 aromatic heterocycles. The van der Waals surface area contributed by atoms with Crippen molar-refractivity contribution in [3.8, 4) is 16.9 Å². The number of quaternary nitrogens is 1. The van der Waals surface area contributed by atoms with Gasteiger partial charge >= 0.3 is 0 Å². The highest BCUT2D eigenvalue weighted by Crippen LogP contribution is 2.32. The molecule has 2 fully saturated rings. The van der Waals surface area contributed by atoms with E-state index in [1.54, 1.807) is 7.11 Å². The number of nitrogens with one attached hydrogen (secondary N) is 2. The molecule has 212 valence electrons. The van der Waals surface area contributed by atoms with E-state index in [4.69, 9.17) is 4.74 Å². The lowest BCUT2D eigenvalue weighted by Crippen LogP contribution is -2.54. The highest BCUT2D eigenvalue weighted by molar-refractivity contribution is 5.94. The van der Waals surface area contributed by atoms with Crippen LogP contribution >= 0.6 is 0 Å². The van der Waals surface area contributed by atoms with Crippen LogP contribution in [0.3, 0.4) is 0 Å². The second kappa shape index (κ2) is 13.0. The Morgan fingerprint density at radius 1 is 0.850 bits per heavy atom. The molecule has 3 aromatic rings. The molecule has 0 atom stereocenters. The topological polar surface area (TPSA) is 56.8 Å². The van der Waals surface area contributed by atoms with Crippen LogP contribution in [0.15, 0.2) is 66.7 Å². The second-order valence-electron chi connectivity index (χ2n) is 11.8. The number of carbonyl (C=O) groups excluding carboxylic acids is 1. The van der Waals surface area contributed by atoms with E-state index >= 15 is 0 Å². The number of ether oxygens (including phenoxy) is 1. The monoisotopic (exact) mass is 542 g/mol. The van der Waals surface area contributed by atoms with Crippen molar-refractivity contribution in [3.05, 3.63) is 89.0 Å². The maximum absolute atomic E-state index is 13.1. The zero-order chi connectivity index (χ0) is 28.0. The lowest BCUT2D eigenvalue weighted by atomic mass is 9.99. The summed E-state index contributed by atoms with van der Waals surface area (Å²) < 4.78 is 6.79. The first-order chi connectivity index (χ1) is 19.4. The normalized spacial score (nSPS) is 17.9. The maximum atomic E-state index is 13.1.